The fraction of sp³-hybridized carbons (Fsp3) is 0.636. The number of thiazole rings is 1. The van der Waals surface area contributed by atoms with Gasteiger partial charge in [0.05, 0.1) is 18.3 Å². The van der Waals surface area contributed by atoms with Crippen LogP contribution in [0.3, 0.4) is 0 Å². The standard InChI is InChI=1S/C11H18N2O2S/c1-9-10(16-8-12-9)7-13(2)6-4-5-11(14)15-3/h8H,4-7H2,1-3H3. The van der Waals surface area contributed by atoms with Crippen molar-refractivity contribution in [1.82, 2.24) is 9.88 Å². The highest BCUT2D eigenvalue weighted by Gasteiger charge is 2.06. The molecule has 0 spiro atoms. The van der Waals surface area contributed by atoms with Crippen molar-refractivity contribution in [2.24, 2.45) is 0 Å². The maximum Gasteiger partial charge on any atom is 0.305 e. The van der Waals surface area contributed by atoms with Crippen LogP contribution < -0.4 is 0 Å². The lowest BCUT2D eigenvalue weighted by molar-refractivity contribution is -0.140. The second-order valence-corrected chi connectivity index (χ2v) is 4.72. The van der Waals surface area contributed by atoms with Crippen molar-refractivity contribution >= 4 is 17.3 Å². The van der Waals surface area contributed by atoms with Crippen molar-refractivity contribution in [3.8, 4) is 0 Å². The molecular weight excluding hydrogens is 224 g/mol. The van der Waals surface area contributed by atoms with Crippen LogP contribution >= 0.6 is 11.3 Å². The monoisotopic (exact) mass is 242 g/mol. The molecule has 1 rings (SSSR count). The molecule has 5 heteroatoms. The van der Waals surface area contributed by atoms with Crippen LogP contribution in [-0.4, -0.2) is 36.6 Å². The predicted octanol–water partition coefficient (Wildman–Crippen LogP) is 1.84. The molecule has 0 saturated heterocycles. The summed E-state index contributed by atoms with van der Waals surface area (Å²) in [6.07, 6.45) is 1.32. The number of ether oxygens (including phenoxy) is 1. The lowest BCUT2D eigenvalue weighted by Gasteiger charge is -2.15. The van der Waals surface area contributed by atoms with Crippen molar-refractivity contribution < 1.29 is 9.53 Å². The summed E-state index contributed by atoms with van der Waals surface area (Å²) in [5.41, 5.74) is 2.97. The van der Waals surface area contributed by atoms with Gasteiger partial charge in [-0.1, -0.05) is 0 Å². The van der Waals surface area contributed by atoms with Gasteiger partial charge in [0, 0.05) is 17.8 Å². The van der Waals surface area contributed by atoms with Gasteiger partial charge in [-0.05, 0) is 26.9 Å². The topological polar surface area (TPSA) is 42.4 Å². The summed E-state index contributed by atoms with van der Waals surface area (Å²) in [6.45, 7) is 3.82. The molecule has 0 saturated carbocycles. The average Bonchev–Trinajstić information content (AvgIpc) is 2.64. The summed E-state index contributed by atoms with van der Waals surface area (Å²) < 4.78 is 4.59. The van der Waals surface area contributed by atoms with Crippen molar-refractivity contribution in [3.63, 3.8) is 0 Å². The number of nitrogens with zero attached hydrogens (tertiary/aromatic N) is 2. The number of hydrogen-bond donors (Lipinski definition) is 0. The van der Waals surface area contributed by atoms with Crippen LogP contribution in [0.2, 0.25) is 0 Å². The number of aryl methyl sites for hydroxylation is 1. The highest BCUT2D eigenvalue weighted by atomic mass is 32.1. The van der Waals surface area contributed by atoms with Gasteiger partial charge in [0.25, 0.3) is 0 Å². The van der Waals surface area contributed by atoms with Crippen LogP contribution in [0.4, 0.5) is 0 Å². The third kappa shape index (κ3) is 4.28. The SMILES string of the molecule is COC(=O)CCCN(C)Cc1scnc1C. The lowest BCUT2D eigenvalue weighted by atomic mass is 10.3. The molecule has 0 radical (unpaired) electrons. The summed E-state index contributed by atoms with van der Waals surface area (Å²) in [7, 11) is 3.48. The third-order valence-electron chi connectivity index (χ3n) is 2.41. The van der Waals surface area contributed by atoms with E-state index in [1.807, 2.05) is 12.4 Å². The third-order valence-corrected chi connectivity index (χ3v) is 3.33. The maximum atomic E-state index is 10.9. The molecule has 0 aliphatic carbocycles. The number of carbonyl (C=O) groups is 1. The quantitative estimate of drug-likeness (QED) is 0.714. The predicted molar refractivity (Wildman–Crippen MR) is 64.4 cm³/mol. The van der Waals surface area contributed by atoms with Gasteiger partial charge in [0.15, 0.2) is 0 Å². The first-order chi connectivity index (χ1) is 7.63. The molecule has 90 valence electrons. The van der Waals surface area contributed by atoms with E-state index in [0.717, 1.165) is 25.2 Å². The van der Waals surface area contributed by atoms with E-state index in [1.165, 1.54) is 12.0 Å². The van der Waals surface area contributed by atoms with Gasteiger partial charge < -0.3 is 9.64 Å². The Hall–Kier alpha value is -0.940. The van der Waals surface area contributed by atoms with E-state index in [9.17, 15) is 4.79 Å². The smallest absolute Gasteiger partial charge is 0.305 e. The number of methoxy groups -OCH3 is 1. The molecule has 16 heavy (non-hydrogen) atoms. The van der Waals surface area contributed by atoms with E-state index >= 15 is 0 Å². The minimum absolute atomic E-state index is 0.137. The zero-order valence-electron chi connectivity index (χ0n) is 10.0. The molecule has 1 heterocycles. The van der Waals surface area contributed by atoms with Gasteiger partial charge in [-0.2, -0.15) is 0 Å². The Morgan fingerprint density at radius 2 is 2.38 bits per heavy atom. The van der Waals surface area contributed by atoms with Crippen molar-refractivity contribution in [2.75, 3.05) is 20.7 Å². The van der Waals surface area contributed by atoms with Gasteiger partial charge in [-0.15, -0.1) is 11.3 Å². The maximum absolute atomic E-state index is 10.9. The summed E-state index contributed by atoms with van der Waals surface area (Å²) in [5.74, 6) is -0.137. The molecule has 1 aromatic rings. The van der Waals surface area contributed by atoms with E-state index in [1.54, 1.807) is 11.3 Å². The van der Waals surface area contributed by atoms with Gasteiger partial charge in [-0.25, -0.2) is 4.98 Å². The Bertz CT molecular complexity index is 338. The van der Waals surface area contributed by atoms with Gasteiger partial charge in [0.1, 0.15) is 0 Å². The average molecular weight is 242 g/mol. The van der Waals surface area contributed by atoms with Gasteiger partial charge in [-0.3, -0.25) is 4.79 Å². The lowest BCUT2D eigenvalue weighted by Crippen LogP contribution is -2.19. The van der Waals surface area contributed by atoms with E-state index in [2.05, 4.69) is 21.7 Å². The minimum Gasteiger partial charge on any atom is -0.469 e. The number of carbonyl (C=O) groups excluding carboxylic acids is 1. The summed E-state index contributed by atoms with van der Waals surface area (Å²) in [6, 6.07) is 0. The highest BCUT2D eigenvalue weighted by molar-refractivity contribution is 7.09. The van der Waals surface area contributed by atoms with Crippen LogP contribution in [-0.2, 0) is 16.1 Å². The van der Waals surface area contributed by atoms with Crippen molar-refractivity contribution in [3.05, 3.63) is 16.1 Å². The molecular formula is C11H18N2O2S. The zero-order valence-corrected chi connectivity index (χ0v) is 10.8. The van der Waals surface area contributed by atoms with Crippen LogP contribution in [0.5, 0.6) is 0 Å². The summed E-state index contributed by atoms with van der Waals surface area (Å²) in [5, 5.41) is 0. The number of aromatic nitrogens is 1. The Labute approximate surface area is 100 Å². The first-order valence-electron chi connectivity index (χ1n) is 5.27. The second kappa shape index (κ2) is 6.60. The molecule has 1 aromatic heterocycles. The molecule has 0 unspecified atom stereocenters. The molecule has 0 bridgehead atoms. The normalized spacial score (nSPS) is 10.8. The van der Waals surface area contributed by atoms with Crippen molar-refractivity contribution in [1.29, 1.82) is 0 Å². The van der Waals surface area contributed by atoms with E-state index in [-0.39, 0.29) is 5.97 Å². The number of hydrogen-bond acceptors (Lipinski definition) is 5. The fourth-order valence-electron chi connectivity index (χ4n) is 1.40. The van der Waals surface area contributed by atoms with Crippen LogP contribution in [0.15, 0.2) is 5.51 Å². The molecule has 0 N–H and O–H groups in total. The Morgan fingerprint density at radius 1 is 1.62 bits per heavy atom. The summed E-state index contributed by atoms with van der Waals surface area (Å²) in [4.78, 5) is 18.6. The van der Waals surface area contributed by atoms with Crippen LogP contribution in [0.25, 0.3) is 0 Å². The van der Waals surface area contributed by atoms with Crippen LogP contribution in [0.1, 0.15) is 23.4 Å². The largest absolute Gasteiger partial charge is 0.469 e. The fourth-order valence-corrected chi connectivity index (χ4v) is 2.25. The molecule has 0 atom stereocenters. The Morgan fingerprint density at radius 3 is 2.94 bits per heavy atom. The molecule has 0 fully saturated rings. The van der Waals surface area contributed by atoms with E-state index in [0.29, 0.717) is 6.42 Å². The van der Waals surface area contributed by atoms with E-state index in [4.69, 9.17) is 0 Å². The Kier molecular flexibility index (Phi) is 5.42. The van der Waals surface area contributed by atoms with Gasteiger partial charge in [0.2, 0.25) is 0 Å². The minimum atomic E-state index is -0.137. The molecule has 4 nitrogen and oxygen atoms in total. The first kappa shape index (κ1) is 13.1. The van der Waals surface area contributed by atoms with Crippen molar-refractivity contribution in [2.45, 2.75) is 26.3 Å². The van der Waals surface area contributed by atoms with Gasteiger partial charge >= 0.3 is 5.97 Å². The summed E-state index contributed by atoms with van der Waals surface area (Å²) >= 11 is 1.68. The second-order valence-electron chi connectivity index (χ2n) is 3.78. The molecule has 0 aliphatic rings. The van der Waals surface area contributed by atoms with Crippen LogP contribution in [0, 0.1) is 6.92 Å². The molecule has 0 aromatic carbocycles. The number of rotatable bonds is 6. The number of esters is 1. The first-order valence-corrected chi connectivity index (χ1v) is 6.15. The highest BCUT2D eigenvalue weighted by Crippen LogP contribution is 2.14. The zero-order chi connectivity index (χ0) is 12.0. The Balaban J connectivity index is 2.24. The van der Waals surface area contributed by atoms with E-state index < -0.39 is 0 Å². The molecule has 0 aliphatic heterocycles. The molecule has 0 amide bonds.